The van der Waals surface area contributed by atoms with Crippen LogP contribution in [0.4, 0.5) is 11.4 Å². The first-order valence-corrected chi connectivity index (χ1v) is 12.0. The van der Waals surface area contributed by atoms with Crippen LogP contribution in [0.3, 0.4) is 0 Å². The number of ether oxygens (including phenoxy) is 1. The number of unbranched alkanes of at least 4 members (excludes halogenated alkanes) is 1. The predicted octanol–water partition coefficient (Wildman–Crippen LogP) is 5.69. The van der Waals surface area contributed by atoms with Gasteiger partial charge in [0.05, 0.1) is 17.1 Å². The number of hydrogen-bond donors (Lipinski definition) is 1. The van der Waals surface area contributed by atoms with Crippen LogP contribution in [0.1, 0.15) is 42.7 Å². The minimum atomic E-state index is -4.34. The Labute approximate surface area is 183 Å². The normalized spacial score (nSPS) is 13.8. The molecule has 0 aliphatic carbocycles. The summed E-state index contributed by atoms with van der Waals surface area (Å²) in [6, 6.07) is 19.0. The summed E-state index contributed by atoms with van der Waals surface area (Å²) in [6.45, 7) is 2.47. The highest BCUT2D eigenvalue weighted by Gasteiger charge is 2.31. The number of anilines is 2. The van der Waals surface area contributed by atoms with Crippen LogP contribution in [-0.4, -0.2) is 24.5 Å². The molecule has 3 aromatic rings. The zero-order valence-corrected chi connectivity index (χ0v) is 18.3. The lowest BCUT2D eigenvalue weighted by Crippen LogP contribution is -2.26. The molecular weight excluding hydrogens is 412 g/mol. The second-order valence-corrected chi connectivity index (χ2v) is 9.23. The number of rotatable bonds is 8. The molecule has 1 aromatic heterocycles. The van der Waals surface area contributed by atoms with Gasteiger partial charge in [-0.2, -0.15) is 8.42 Å². The van der Waals surface area contributed by atoms with Gasteiger partial charge in [0.15, 0.2) is 11.5 Å². The number of nitrogens with zero attached hydrogens (tertiary/aromatic N) is 2. The minimum absolute atomic E-state index is 0.192. The smallest absolute Gasteiger partial charge is 0.273 e. The fourth-order valence-corrected chi connectivity index (χ4v) is 4.91. The maximum atomic E-state index is 12.4. The molecule has 0 spiro atoms. The second kappa shape index (κ2) is 9.08. The Bertz CT molecular complexity index is 1120. The first-order chi connectivity index (χ1) is 15.0. The Morgan fingerprint density at radius 1 is 1.00 bits per heavy atom. The van der Waals surface area contributed by atoms with E-state index in [0.29, 0.717) is 23.7 Å². The van der Waals surface area contributed by atoms with Crippen molar-refractivity contribution in [3.05, 3.63) is 78.1 Å². The summed E-state index contributed by atoms with van der Waals surface area (Å²) in [6.07, 6.45) is 4.43. The lowest BCUT2D eigenvalue weighted by atomic mass is 10.0. The van der Waals surface area contributed by atoms with Crippen LogP contribution >= 0.6 is 0 Å². The fourth-order valence-electron chi connectivity index (χ4n) is 4.01. The highest BCUT2D eigenvalue weighted by atomic mass is 32.2. The van der Waals surface area contributed by atoms with Gasteiger partial charge in [-0.05, 0) is 55.2 Å². The Kier molecular flexibility index (Phi) is 6.25. The third-order valence-electron chi connectivity index (χ3n) is 5.54. The third kappa shape index (κ3) is 4.57. The van der Waals surface area contributed by atoms with Crippen molar-refractivity contribution in [2.24, 2.45) is 0 Å². The molecule has 1 N–H and O–H groups in total. The van der Waals surface area contributed by atoms with E-state index in [1.54, 1.807) is 6.20 Å². The SMILES string of the molecule is CCCCc1cccnc1C(CCN1c2ccccc2Oc2ccccc21)S(=O)(=O)O. The topological polar surface area (TPSA) is 79.7 Å². The average molecular weight is 439 g/mol. The van der Waals surface area contributed by atoms with Crippen molar-refractivity contribution >= 4 is 21.5 Å². The first kappa shape index (κ1) is 21.3. The summed E-state index contributed by atoms with van der Waals surface area (Å²) in [5.41, 5.74) is 3.04. The van der Waals surface area contributed by atoms with Gasteiger partial charge in [0.25, 0.3) is 10.1 Å². The summed E-state index contributed by atoms with van der Waals surface area (Å²) in [5, 5.41) is -1.09. The predicted molar refractivity (Wildman–Crippen MR) is 122 cm³/mol. The molecule has 1 aliphatic heterocycles. The Morgan fingerprint density at radius 2 is 1.65 bits per heavy atom. The molecule has 1 unspecified atom stereocenters. The molecule has 0 radical (unpaired) electrons. The van der Waals surface area contributed by atoms with Crippen LogP contribution in [0.5, 0.6) is 11.5 Å². The van der Waals surface area contributed by atoms with Crippen LogP contribution < -0.4 is 9.64 Å². The van der Waals surface area contributed by atoms with Crippen molar-refractivity contribution in [1.29, 1.82) is 0 Å². The Balaban J connectivity index is 1.67. The molecule has 1 aliphatic rings. The summed E-state index contributed by atoms with van der Waals surface area (Å²) < 4.78 is 40.9. The summed E-state index contributed by atoms with van der Waals surface area (Å²) >= 11 is 0. The summed E-state index contributed by atoms with van der Waals surface area (Å²) in [5.74, 6) is 1.43. The molecule has 7 heteroatoms. The monoisotopic (exact) mass is 438 g/mol. The second-order valence-electron chi connectivity index (χ2n) is 7.63. The molecule has 4 rings (SSSR count). The van der Waals surface area contributed by atoms with Crippen LogP contribution in [0.15, 0.2) is 66.9 Å². The van der Waals surface area contributed by atoms with Gasteiger partial charge in [-0.15, -0.1) is 0 Å². The van der Waals surface area contributed by atoms with E-state index in [0.717, 1.165) is 36.2 Å². The van der Waals surface area contributed by atoms with Crippen molar-refractivity contribution in [2.45, 2.75) is 37.9 Å². The Hall–Kier alpha value is -2.90. The molecule has 0 fully saturated rings. The summed E-state index contributed by atoms with van der Waals surface area (Å²) in [7, 11) is -4.34. The maximum absolute atomic E-state index is 12.4. The molecule has 2 aromatic carbocycles. The lowest BCUT2D eigenvalue weighted by Gasteiger charge is -2.33. The quantitative estimate of drug-likeness (QED) is 0.455. The van der Waals surface area contributed by atoms with Gasteiger partial charge in [-0.3, -0.25) is 9.54 Å². The van der Waals surface area contributed by atoms with Crippen LogP contribution in [0.25, 0.3) is 0 Å². The molecule has 0 amide bonds. The number of pyridine rings is 1. The molecule has 162 valence electrons. The van der Waals surface area contributed by atoms with Gasteiger partial charge in [0, 0.05) is 12.7 Å². The number of fused-ring (bicyclic) bond motifs is 2. The zero-order valence-electron chi connectivity index (χ0n) is 17.4. The van der Waals surface area contributed by atoms with E-state index in [1.807, 2.05) is 65.6 Å². The van der Waals surface area contributed by atoms with E-state index < -0.39 is 15.4 Å². The fraction of sp³-hybridized carbons (Fsp3) is 0.292. The van der Waals surface area contributed by atoms with E-state index >= 15 is 0 Å². The molecule has 0 saturated carbocycles. The largest absolute Gasteiger partial charge is 0.453 e. The van der Waals surface area contributed by atoms with E-state index in [9.17, 15) is 13.0 Å². The van der Waals surface area contributed by atoms with E-state index in [-0.39, 0.29) is 6.42 Å². The van der Waals surface area contributed by atoms with Crippen molar-refractivity contribution in [2.75, 3.05) is 11.4 Å². The van der Waals surface area contributed by atoms with Crippen molar-refractivity contribution in [1.82, 2.24) is 4.98 Å². The number of benzene rings is 2. The molecule has 0 bridgehead atoms. The Morgan fingerprint density at radius 3 is 2.26 bits per heavy atom. The van der Waals surface area contributed by atoms with Crippen molar-refractivity contribution < 1.29 is 17.7 Å². The maximum Gasteiger partial charge on any atom is 0.273 e. The van der Waals surface area contributed by atoms with Gasteiger partial charge in [0.2, 0.25) is 0 Å². The number of aryl methyl sites for hydroxylation is 1. The molecule has 2 heterocycles. The summed E-state index contributed by atoms with van der Waals surface area (Å²) in [4.78, 5) is 6.41. The molecule has 0 saturated heterocycles. The average Bonchev–Trinajstić information content (AvgIpc) is 2.77. The van der Waals surface area contributed by atoms with E-state index in [4.69, 9.17) is 4.74 Å². The minimum Gasteiger partial charge on any atom is -0.453 e. The van der Waals surface area contributed by atoms with Gasteiger partial charge in [0.1, 0.15) is 5.25 Å². The van der Waals surface area contributed by atoms with E-state index in [1.165, 1.54) is 0 Å². The van der Waals surface area contributed by atoms with Gasteiger partial charge >= 0.3 is 0 Å². The van der Waals surface area contributed by atoms with Crippen molar-refractivity contribution in [3.63, 3.8) is 0 Å². The lowest BCUT2D eigenvalue weighted by molar-refractivity contribution is 0.459. The number of aromatic nitrogens is 1. The highest BCUT2D eigenvalue weighted by Crippen LogP contribution is 2.46. The standard InChI is InChI=1S/C24H26N2O4S/c1-2-3-9-18-10-8-16-25-24(18)23(31(27,28)29)15-17-26-19-11-4-6-13-21(19)30-22-14-7-5-12-20(22)26/h4-8,10-14,16,23H,2-3,9,15,17H2,1H3,(H,27,28,29). The number of para-hydroxylation sites is 4. The van der Waals surface area contributed by atoms with Crippen LogP contribution in [0.2, 0.25) is 0 Å². The molecular formula is C24H26N2O4S. The van der Waals surface area contributed by atoms with Gasteiger partial charge < -0.3 is 9.64 Å². The third-order valence-corrected chi connectivity index (χ3v) is 6.72. The molecule has 6 nitrogen and oxygen atoms in total. The highest BCUT2D eigenvalue weighted by molar-refractivity contribution is 7.86. The van der Waals surface area contributed by atoms with Crippen molar-refractivity contribution in [3.8, 4) is 11.5 Å². The van der Waals surface area contributed by atoms with E-state index in [2.05, 4.69) is 11.9 Å². The van der Waals surface area contributed by atoms with Crippen LogP contribution in [-0.2, 0) is 16.5 Å². The first-order valence-electron chi connectivity index (χ1n) is 10.5. The zero-order chi connectivity index (χ0) is 21.8. The molecule has 31 heavy (non-hydrogen) atoms. The number of hydrogen-bond acceptors (Lipinski definition) is 5. The van der Waals surface area contributed by atoms with Gasteiger partial charge in [-0.1, -0.05) is 43.7 Å². The van der Waals surface area contributed by atoms with Crippen LogP contribution in [0, 0.1) is 0 Å². The molecule has 1 atom stereocenters. The van der Waals surface area contributed by atoms with Gasteiger partial charge in [-0.25, -0.2) is 0 Å².